The first-order valence-electron chi connectivity index (χ1n) is 5.32. The minimum Gasteiger partial charge on any atom is -0.496 e. The Bertz CT molecular complexity index is 483. The molecule has 5 heteroatoms. The summed E-state index contributed by atoms with van der Waals surface area (Å²) in [5, 5.41) is 0.847. The number of nitrogens with one attached hydrogen (secondary N) is 1. The Balaban J connectivity index is 2.39. The third kappa shape index (κ3) is 2.62. The number of nitrogens with zero attached hydrogens (tertiary/aromatic N) is 1. The molecule has 17 heavy (non-hydrogen) atoms. The first-order chi connectivity index (χ1) is 8.22. The lowest BCUT2D eigenvalue weighted by Crippen LogP contribution is -2.08. The van der Waals surface area contributed by atoms with E-state index in [1.807, 2.05) is 25.1 Å². The average Bonchev–Trinajstić information content (AvgIpc) is 2.81. The molecule has 1 aromatic carbocycles. The molecule has 0 aliphatic rings. The van der Waals surface area contributed by atoms with Gasteiger partial charge in [-0.25, -0.2) is 4.98 Å². The number of hydrogen-bond acceptors (Lipinski definition) is 4. The normalized spacial score (nSPS) is 12.4. The maximum Gasteiger partial charge on any atom is 0.170 e. The number of rotatable bonds is 4. The fourth-order valence-electron chi connectivity index (χ4n) is 1.65. The van der Waals surface area contributed by atoms with Crippen molar-refractivity contribution in [2.24, 2.45) is 5.73 Å². The lowest BCUT2D eigenvalue weighted by Gasteiger charge is -2.15. The molecule has 1 aromatic heterocycles. The quantitative estimate of drug-likeness (QED) is 0.874. The zero-order valence-corrected chi connectivity index (χ0v) is 10.6. The molecule has 0 bridgehead atoms. The SMILES string of the molecule is COc1cccc(Sc2ncc[nH]2)c1[C@@H](C)N. The molecule has 2 aromatic rings. The summed E-state index contributed by atoms with van der Waals surface area (Å²) in [6.07, 6.45) is 3.53. The molecule has 0 aliphatic heterocycles. The Hall–Kier alpha value is -1.46. The minimum absolute atomic E-state index is 0.0800. The topological polar surface area (TPSA) is 63.9 Å². The maximum atomic E-state index is 6.00. The molecule has 0 fully saturated rings. The smallest absolute Gasteiger partial charge is 0.170 e. The van der Waals surface area contributed by atoms with Crippen molar-refractivity contribution in [2.75, 3.05) is 7.11 Å². The maximum absolute atomic E-state index is 6.00. The van der Waals surface area contributed by atoms with Gasteiger partial charge in [-0.15, -0.1) is 0 Å². The van der Waals surface area contributed by atoms with Crippen LogP contribution < -0.4 is 10.5 Å². The van der Waals surface area contributed by atoms with Gasteiger partial charge in [0.1, 0.15) is 5.75 Å². The predicted octanol–water partition coefficient (Wildman–Crippen LogP) is 2.59. The van der Waals surface area contributed by atoms with Crippen molar-refractivity contribution >= 4 is 11.8 Å². The van der Waals surface area contributed by atoms with Gasteiger partial charge in [0.25, 0.3) is 0 Å². The Labute approximate surface area is 105 Å². The molecule has 1 atom stereocenters. The molecule has 1 heterocycles. The second kappa shape index (κ2) is 5.25. The number of methoxy groups -OCH3 is 1. The van der Waals surface area contributed by atoms with Crippen LogP contribution in [0.3, 0.4) is 0 Å². The first kappa shape index (κ1) is 12.0. The molecule has 4 nitrogen and oxygen atoms in total. The zero-order valence-electron chi connectivity index (χ0n) is 9.81. The van der Waals surface area contributed by atoms with E-state index < -0.39 is 0 Å². The van der Waals surface area contributed by atoms with Crippen molar-refractivity contribution in [3.63, 3.8) is 0 Å². The van der Waals surface area contributed by atoms with Gasteiger partial charge in [0, 0.05) is 28.9 Å². The number of H-pyrrole nitrogens is 1. The predicted molar refractivity (Wildman–Crippen MR) is 68.3 cm³/mol. The van der Waals surface area contributed by atoms with Gasteiger partial charge in [-0.1, -0.05) is 17.8 Å². The summed E-state index contributed by atoms with van der Waals surface area (Å²) in [6.45, 7) is 1.95. The third-order valence-corrected chi connectivity index (χ3v) is 3.37. The van der Waals surface area contributed by atoms with Crippen molar-refractivity contribution in [3.8, 4) is 5.75 Å². The number of aromatic nitrogens is 2. The summed E-state index contributed by atoms with van der Waals surface area (Å²) in [6, 6.07) is 5.82. The van der Waals surface area contributed by atoms with Crippen molar-refractivity contribution in [1.29, 1.82) is 0 Å². The average molecular weight is 249 g/mol. The second-order valence-corrected chi connectivity index (χ2v) is 4.69. The molecule has 0 spiro atoms. The molecule has 0 saturated heterocycles. The molecule has 0 unspecified atom stereocenters. The molecule has 0 amide bonds. The standard InChI is InChI=1S/C12H15N3OS/c1-8(13)11-9(16-2)4-3-5-10(11)17-12-14-6-7-15-12/h3-8H,13H2,1-2H3,(H,14,15)/t8-/m1/s1. The van der Waals surface area contributed by atoms with E-state index in [0.29, 0.717) is 0 Å². The lowest BCUT2D eigenvalue weighted by atomic mass is 10.1. The molecule has 0 aliphatic carbocycles. The summed E-state index contributed by atoms with van der Waals surface area (Å²) in [5.41, 5.74) is 7.01. The highest BCUT2D eigenvalue weighted by Gasteiger charge is 2.14. The highest BCUT2D eigenvalue weighted by molar-refractivity contribution is 7.99. The summed E-state index contributed by atoms with van der Waals surface area (Å²) in [7, 11) is 1.66. The Kier molecular flexibility index (Phi) is 3.71. The van der Waals surface area contributed by atoms with E-state index in [0.717, 1.165) is 21.4 Å². The number of aromatic amines is 1. The van der Waals surface area contributed by atoms with E-state index in [4.69, 9.17) is 10.5 Å². The van der Waals surface area contributed by atoms with Gasteiger partial charge in [0.05, 0.1) is 7.11 Å². The van der Waals surface area contributed by atoms with Crippen LogP contribution in [0.25, 0.3) is 0 Å². The van der Waals surface area contributed by atoms with Crippen LogP contribution in [-0.4, -0.2) is 17.1 Å². The van der Waals surface area contributed by atoms with E-state index in [-0.39, 0.29) is 6.04 Å². The fourth-order valence-corrected chi connectivity index (χ4v) is 2.64. The molecule has 2 rings (SSSR count). The molecule has 0 saturated carbocycles. The van der Waals surface area contributed by atoms with Crippen LogP contribution in [0.1, 0.15) is 18.5 Å². The van der Waals surface area contributed by atoms with E-state index in [2.05, 4.69) is 9.97 Å². The van der Waals surface area contributed by atoms with Gasteiger partial charge in [0.15, 0.2) is 5.16 Å². The van der Waals surface area contributed by atoms with E-state index in [1.165, 1.54) is 0 Å². The second-order valence-electron chi connectivity index (χ2n) is 3.66. The van der Waals surface area contributed by atoms with Crippen LogP contribution >= 0.6 is 11.8 Å². The highest BCUT2D eigenvalue weighted by atomic mass is 32.2. The van der Waals surface area contributed by atoms with Crippen LogP contribution in [0, 0.1) is 0 Å². The Morgan fingerprint density at radius 3 is 2.88 bits per heavy atom. The minimum atomic E-state index is -0.0800. The molecular weight excluding hydrogens is 234 g/mol. The monoisotopic (exact) mass is 249 g/mol. The summed E-state index contributed by atoms with van der Waals surface area (Å²) in [5.74, 6) is 0.816. The van der Waals surface area contributed by atoms with Crippen LogP contribution in [0.4, 0.5) is 0 Å². The number of nitrogens with two attached hydrogens (primary N) is 1. The van der Waals surface area contributed by atoms with Gasteiger partial charge < -0.3 is 15.5 Å². The van der Waals surface area contributed by atoms with Crippen LogP contribution in [0.5, 0.6) is 5.75 Å². The van der Waals surface area contributed by atoms with Gasteiger partial charge in [-0.3, -0.25) is 0 Å². The van der Waals surface area contributed by atoms with Crippen molar-refractivity contribution < 1.29 is 4.74 Å². The lowest BCUT2D eigenvalue weighted by molar-refractivity contribution is 0.405. The van der Waals surface area contributed by atoms with Crippen molar-refractivity contribution in [3.05, 3.63) is 36.2 Å². The molecule has 90 valence electrons. The molecule has 3 N–H and O–H groups in total. The van der Waals surface area contributed by atoms with Gasteiger partial charge in [-0.2, -0.15) is 0 Å². The van der Waals surface area contributed by atoms with Crippen LogP contribution in [-0.2, 0) is 0 Å². The van der Waals surface area contributed by atoms with Crippen LogP contribution in [0.2, 0.25) is 0 Å². The largest absolute Gasteiger partial charge is 0.496 e. The third-order valence-electron chi connectivity index (χ3n) is 2.38. The van der Waals surface area contributed by atoms with Gasteiger partial charge >= 0.3 is 0 Å². The summed E-state index contributed by atoms with van der Waals surface area (Å²) >= 11 is 1.55. The van der Waals surface area contributed by atoms with E-state index in [9.17, 15) is 0 Å². The number of imidazole rings is 1. The summed E-state index contributed by atoms with van der Waals surface area (Å²) < 4.78 is 5.34. The number of ether oxygens (including phenoxy) is 1. The summed E-state index contributed by atoms with van der Waals surface area (Å²) in [4.78, 5) is 8.32. The highest BCUT2D eigenvalue weighted by Crippen LogP contribution is 2.36. The Morgan fingerprint density at radius 2 is 2.29 bits per heavy atom. The number of benzene rings is 1. The van der Waals surface area contributed by atoms with E-state index in [1.54, 1.807) is 31.3 Å². The van der Waals surface area contributed by atoms with Crippen molar-refractivity contribution in [2.45, 2.75) is 23.0 Å². The molecular formula is C12H15N3OS. The Morgan fingerprint density at radius 1 is 1.47 bits per heavy atom. The van der Waals surface area contributed by atoms with Gasteiger partial charge in [0.2, 0.25) is 0 Å². The van der Waals surface area contributed by atoms with Gasteiger partial charge in [-0.05, 0) is 19.1 Å². The van der Waals surface area contributed by atoms with Crippen LogP contribution in [0.15, 0.2) is 40.6 Å². The number of hydrogen-bond donors (Lipinski definition) is 2. The first-order valence-corrected chi connectivity index (χ1v) is 6.13. The molecule has 0 radical (unpaired) electrons. The van der Waals surface area contributed by atoms with E-state index >= 15 is 0 Å². The fraction of sp³-hybridized carbons (Fsp3) is 0.250. The zero-order chi connectivity index (χ0) is 12.3. The van der Waals surface area contributed by atoms with Crippen molar-refractivity contribution in [1.82, 2.24) is 9.97 Å².